The fourth-order valence-corrected chi connectivity index (χ4v) is 2.65. The summed E-state index contributed by atoms with van der Waals surface area (Å²) in [7, 11) is 6.25. The molecule has 0 aliphatic rings. The molecule has 0 spiro atoms. The fraction of sp³-hybridized carbons (Fsp3) is 0.263. The number of anilines is 1. The molecule has 124 valence electrons. The zero-order valence-electron chi connectivity index (χ0n) is 14.3. The summed E-state index contributed by atoms with van der Waals surface area (Å²) in [6.07, 6.45) is 2.66. The number of carbonyl (C=O) groups excluding carboxylic acids is 1. The predicted molar refractivity (Wildman–Crippen MR) is 98.3 cm³/mol. The van der Waals surface area contributed by atoms with Gasteiger partial charge in [-0.25, -0.2) is 4.98 Å². The van der Waals surface area contributed by atoms with Crippen molar-refractivity contribution in [2.45, 2.75) is 0 Å². The second kappa shape index (κ2) is 6.84. The molecule has 0 bridgehead atoms. The molecule has 5 heteroatoms. The van der Waals surface area contributed by atoms with Crippen LogP contribution in [0.1, 0.15) is 10.4 Å². The lowest BCUT2D eigenvalue weighted by Gasteiger charge is -2.21. The second-order valence-corrected chi connectivity index (χ2v) is 6.22. The van der Waals surface area contributed by atoms with E-state index in [1.165, 1.54) is 5.69 Å². The number of aromatic nitrogens is 2. The van der Waals surface area contributed by atoms with E-state index in [2.05, 4.69) is 60.2 Å². The molecule has 1 heterocycles. The molecule has 0 aliphatic carbocycles. The second-order valence-electron chi connectivity index (χ2n) is 6.22. The number of likely N-dealkylation sites (N-methyl/N-ethyl adjacent to an activating group) is 2. The van der Waals surface area contributed by atoms with Gasteiger partial charge >= 0.3 is 0 Å². The van der Waals surface area contributed by atoms with Gasteiger partial charge in [0.15, 0.2) is 0 Å². The van der Waals surface area contributed by atoms with E-state index in [0.29, 0.717) is 5.56 Å². The van der Waals surface area contributed by atoms with E-state index in [4.69, 9.17) is 0 Å². The van der Waals surface area contributed by atoms with Gasteiger partial charge in [-0.3, -0.25) is 9.36 Å². The average Bonchev–Trinajstić information content (AvgIpc) is 3.02. The summed E-state index contributed by atoms with van der Waals surface area (Å²) in [6.45, 7) is 1.99. The quantitative estimate of drug-likeness (QED) is 0.655. The maximum Gasteiger partial charge on any atom is 0.150 e. The Balaban J connectivity index is 1.87. The molecule has 1 aromatic heterocycles. The SMILES string of the molecule is CN(C)CCN(C)c1ccc(-n2cnc3ccc(C=O)cc32)cc1. The molecule has 0 N–H and O–H groups in total. The van der Waals surface area contributed by atoms with Gasteiger partial charge in [-0.05, 0) is 56.6 Å². The van der Waals surface area contributed by atoms with Crippen LogP contribution < -0.4 is 4.90 Å². The van der Waals surface area contributed by atoms with Gasteiger partial charge in [0.1, 0.15) is 12.6 Å². The first-order chi connectivity index (χ1) is 11.6. The molecule has 0 fully saturated rings. The third-order valence-electron chi connectivity index (χ3n) is 4.16. The number of imidazole rings is 1. The normalized spacial score (nSPS) is 11.2. The van der Waals surface area contributed by atoms with Gasteiger partial charge in [0.2, 0.25) is 0 Å². The van der Waals surface area contributed by atoms with Crippen molar-refractivity contribution in [1.29, 1.82) is 0 Å². The minimum absolute atomic E-state index is 0.657. The Labute approximate surface area is 142 Å². The Morgan fingerprint density at radius 3 is 2.46 bits per heavy atom. The van der Waals surface area contributed by atoms with E-state index < -0.39 is 0 Å². The highest BCUT2D eigenvalue weighted by molar-refractivity contribution is 5.86. The lowest BCUT2D eigenvalue weighted by atomic mass is 10.2. The van der Waals surface area contributed by atoms with Gasteiger partial charge < -0.3 is 9.80 Å². The number of rotatable bonds is 6. The van der Waals surface area contributed by atoms with Crippen molar-refractivity contribution in [2.24, 2.45) is 0 Å². The third kappa shape index (κ3) is 3.31. The zero-order chi connectivity index (χ0) is 17.1. The van der Waals surface area contributed by atoms with Gasteiger partial charge in [-0.1, -0.05) is 0 Å². The lowest BCUT2D eigenvalue weighted by molar-refractivity contribution is 0.112. The van der Waals surface area contributed by atoms with E-state index in [0.717, 1.165) is 36.1 Å². The van der Waals surface area contributed by atoms with Gasteiger partial charge in [0.25, 0.3) is 0 Å². The number of hydrogen-bond acceptors (Lipinski definition) is 4. The Bertz CT molecular complexity index is 836. The first-order valence-electron chi connectivity index (χ1n) is 7.97. The largest absolute Gasteiger partial charge is 0.373 e. The van der Waals surface area contributed by atoms with E-state index in [-0.39, 0.29) is 0 Å². The van der Waals surface area contributed by atoms with Crippen LogP contribution in [0.25, 0.3) is 16.7 Å². The van der Waals surface area contributed by atoms with Crippen LogP contribution in [0, 0.1) is 0 Å². The summed E-state index contributed by atoms with van der Waals surface area (Å²) < 4.78 is 2.01. The van der Waals surface area contributed by atoms with Crippen LogP contribution in [-0.2, 0) is 0 Å². The minimum atomic E-state index is 0.657. The molecule has 24 heavy (non-hydrogen) atoms. The van der Waals surface area contributed by atoms with Crippen molar-refractivity contribution < 1.29 is 4.79 Å². The maximum atomic E-state index is 11.0. The van der Waals surface area contributed by atoms with Crippen molar-refractivity contribution in [3.8, 4) is 5.69 Å². The highest BCUT2D eigenvalue weighted by atomic mass is 16.1. The summed E-state index contributed by atoms with van der Waals surface area (Å²) in [6, 6.07) is 13.9. The molecule has 0 saturated carbocycles. The van der Waals surface area contributed by atoms with Crippen LogP contribution in [0.4, 0.5) is 5.69 Å². The summed E-state index contributed by atoms with van der Waals surface area (Å²) in [4.78, 5) is 19.8. The van der Waals surface area contributed by atoms with Crippen LogP contribution in [0.3, 0.4) is 0 Å². The Kier molecular flexibility index (Phi) is 4.62. The van der Waals surface area contributed by atoms with Crippen LogP contribution in [-0.4, -0.2) is 55.0 Å². The molecule has 5 nitrogen and oxygen atoms in total. The van der Waals surface area contributed by atoms with Crippen LogP contribution in [0.15, 0.2) is 48.8 Å². The van der Waals surface area contributed by atoms with Gasteiger partial charge in [0, 0.05) is 37.1 Å². The van der Waals surface area contributed by atoms with Gasteiger partial charge in [0.05, 0.1) is 11.0 Å². The van der Waals surface area contributed by atoms with E-state index in [9.17, 15) is 4.79 Å². The summed E-state index contributed by atoms with van der Waals surface area (Å²) in [5.41, 5.74) is 4.69. The smallest absolute Gasteiger partial charge is 0.150 e. The molecule has 0 unspecified atom stereocenters. The number of hydrogen-bond donors (Lipinski definition) is 0. The van der Waals surface area contributed by atoms with E-state index >= 15 is 0 Å². The zero-order valence-corrected chi connectivity index (χ0v) is 14.3. The number of carbonyl (C=O) groups is 1. The van der Waals surface area contributed by atoms with Crippen molar-refractivity contribution >= 4 is 23.0 Å². The topological polar surface area (TPSA) is 41.4 Å². The van der Waals surface area contributed by atoms with Gasteiger partial charge in [-0.2, -0.15) is 0 Å². The van der Waals surface area contributed by atoms with Crippen LogP contribution >= 0.6 is 0 Å². The molecule has 3 aromatic rings. The Morgan fingerprint density at radius 1 is 1.04 bits per heavy atom. The molecule has 0 radical (unpaired) electrons. The van der Waals surface area contributed by atoms with Crippen molar-refractivity contribution in [3.63, 3.8) is 0 Å². The number of nitrogens with zero attached hydrogens (tertiary/aromatic N) is 4. The summed E-state index contributed by atoms with van der Waals surface area (Å²) >= 11 is 0. The molecule has 0 atom stereocenters. The molecule has 0 amide bonds. The van der Waals surface area contributed by atoms with Crippen molar-refractivity contribution in [3.05, 3.63) is 54.4 Å². The highest BCUT2D eigenvalue weighted by Gasteiger charge is 2.07. The van der Waals surface area contributed by atoms with E-state index in [1.54, 1.807) is 12.4 Å². The molecule has 0 aliphatic heterocycles. The monoisotopic (exact) mass is 322 g/mol. The maximum absolute atomic E-state index is 11.0. The molecular formula is C19H22N4O. The van der Waals surface area contributed by atoms with Gasteiger partial charge in [-0.15, -0.1) is 0 Å². The predicted octanol–water partition coefficient (Wildman–Crippen LogP) is 2.84. The number of fused-ring (bicyclic) bond motifs is 1. The number of benzene rings is 2. The standard InChI is InChI=1S/C19H22N4O/c1-21(2)10-11-22(3)16-5-7-17(8-6-16)23-14-20-18-9-4-15(13-24)12-19(18)23/h4-9,12-14H,10-11H2,1-3H3. The minimum Gasteiger partial charge on any atom is -0.373 e. The van der Waals surface area contributed by atoms with Crippen LogP contribution in [0.2, 0.25) is 0 Å². The lowest BCUT2D eigenvalue weighted by Crippen LogP contribution is -2.28. The van der Waals surface area contributed by atoms with Crippen molar-refractivity contribution in [1.82, 2.24) is 14.5 Å². The first kappa shape index (κ1) is 16.2. The molecule has 0 saturated heterocycles. The fourth-order valence-electron chi connectivity index (χ4n) is 2.65. The first-order valence-corrected chi connectivity index (χ1v) is 7.97. The van der Waals surface area contributed by atoms with Crippen LogP contribution in [0.5, 0.6) is 0 Å². The third-order valence-corrected chi connectivity index (χ3v) is 4.16. The Hall–Kier alpha value is -2.66. The van der Waals surface area contributed by atoms with Crippen molar-refractivity contribution in [2.75, 3.05) is 39.1 Å². The summed E-state index contributed by atoms with van der Waals surface area (Å²) in [5.74, 6) is 0. The average molecular weight is 322 g/mol. The molecular weight excluding hydrogens is 300 g/mol. The molecule has 3 rings (SSSR count). The van der Waals surface area contributed by atoms with E-state index in [1.807, 2.05) is 16.7 Å². The molecule has 2 aromatic carbocycles. The highest BCUT2D eigenvalue weighted by Crippen LogP contribution is 2.21. The summed E-state index contributed by atoms with van der Waals surface area (Å²) in [5, 5.41) is 0. The Morgan fingerprint density at radius 2 is 1.79 bits per heavy atom. The number of aldehydes is 1.